The van der Waals surface area contributed by atoms with E-state index in [2.05, 4.69) is 0 Å². The first-order chi connectivity index (χ1) is 11.2. The van der Waals surface area contributed by atoms with Crippen molar-refractivity contribution >= 4 is 24.4 Å². The van der Waals surface area contributed by atoms with E-state index in [4.69, 9.17) is 16.7 Å². The highest BCUT2D eigenvalue weighted by Gasteiger charge is 2.39. The maximum atomic E-state index is 12.3. The first-order valence-corrected chi connectivity index (χ1v) is 7.48. The first kappa shape index (κ1) is 15.9. The Hall–Kier alpha value is -1.93. The molecular formula is C15H20N2O5S. The lowest BCUT2D eigenvalue weighted by Crippen LogP contribution is -2.62. The molecule has 1 aliphatic heterocycles. The molecule has 23 heavy (non-hydrogen) atoms. The molecule has 1 saturated heterocycles. The van der Waals surface area contributed by atoms with Gasteiger partial charge in [0.15, 0.2) is 0 Å². The minimum Gasteiger partial charge on any atom is -0.507 e. The summed E-state index contributed by atoms with van der Waals surface area (Å²) in [5, 5.41) is 18.8. The summed E-state index contributed by atoms with van der Waals surface area (Å²) in [6.45, 7) is 4.01. The van der Waals surface area contributed by atoms with Crippen LogP contribution >= 0.6 is 12.5 Å². The molecule has 1 aromatic carbocycles. The normalized spacial score (nSPS) is 17.2. The number of hydrogen-bond donors (Lipinski definition) is 4. The molecule has 1 amide bonds. The second-order valence-electron chi connectivity index (χ2n) is 6.02. The van der Waals surface area contributed by atoms with E-state index in [-0.39, 0.29) is 42.2 Å². The van der Waals surface area contributed by atoms with Crippen molar-refractivity contribution in [3.05, 3.63) is 23.8 Å². The molecule has 0 saturated carbocycles. The number of carboxylic acids is 1. The van der Waals surface area contributed by atoms with Crippen LogP contribution < -0.4 is 10.5 Å². The number of carbonyl (C=O) groups is 2. The van der Waals surface area contributed by atoms with E-state index in [1.165, 1.54) is 23.1 Å². The average Bonchev–Trinajstić information content (AvgIpc) is 2.48. The van der Waals surface area contributed by atoms with Crippen LogP contribution in [0.25, 0.3) is 0 Å². The van der Waals surface area contributed by atoms with E-state index < -0.39 is 16.8 Å². The van der Waals surface area contributed by atoms with Crippen molar-refractivity contribution in [2.75, 3.05) is 13.1 Å². The summed E-state index contributed by atoms with van der Waals surface area (Å²) in [4.78, 5) is 25.0. The molecule has 1 aliphatic rings. The molecule has 8 heteroatoms. The number of aromatic hydroxyl groups is 1. The lowest BCUT2D eigenvalue weighted by atomic mass is 10.0. The van der Waals surface area contributed by atoms with Gasteiger partial charge >= 0.3 is 5.97 Å². The zero-order chi connectivity index (χ0) is 18.1. The third kappa shape index (κ3) is 3.70. The topological polar surface area (TPSA) is 113 Å². The van der Waals surface area contributed by atoms with Crippen molar-refractivity contribution in [1.82, 2.24) is 4.90 Å². The number of ether oxygens (including phenoxy) is 1. The number of benzene rings is 1. The van der Waals surface area contributed by atoms with Crippen LogP contribution in [0.4, 0.5) is 0 Å². The summed E-state index contributed by atoms with van der Waals surface area (Å²) in [5.74, 6) is -1.87. The fraction of sp³-hybridized carbons (Fsp3) is 0.467. The van der Waals surface area contributed by atoms with Crippen LogP contribution in [0.15, 0.2) is 18.2 Å². The number of carboxylic acid groups (broad SMARTS) is 1. The third-order valence-electron chi connectivity index (χ3n) is 3.69. The van der Waals surface area contributed by atoms with Gasteiger partial charge in [-0.15, -0.1) is 0 Å². The Bertz CT molecular complexity index is 649. The summed E-state index contributed by atoms with van der Waals surface area (Å²) >= 11 is 0.779. The van der Waals surface area contributed by atoms with Crippen molar-refractivity contribution in [3.8, 4) is 11.5 Å². The van der Waals surface area contributed by atoms with E-state index in [1.807, 2.05) is 0 Å². The third-order valence-corrected chi connectivity index (χ3v) is 3.94. The van der Waals surface area contributed by atoms with Crippen LogP contribution in [0.1, 0.15) is 24.2 Å². The van der Waals surface area contributed by atoms with E-state index in [9.17, 15) is 14.7 Å². The predicted octanol–water partition coefficient (Wildman–Crippen LogP) is 0.716. The molecule has 2 rings (SSSR count). The zero-order valence-corrected chi connectivity index (χ0v) is 13.7. The Morgan fingerprint density at radius 1 is 1.52 bits per heavy atom. The van der Waals surface area contributed by atoms with Crippen LogP contribution in [-0.2, 0) is 4.79 Å². The SMILES string of the molecule is [2H]SC(C)(C)[C@H](N)C(=O)N1CC(Oc2cccc(O)c2C(=O)O)C1. The van der Waals surface area contributed by atoms with Gasteiger partial charge in [-0.1, -0.05) is 6.07 Å². The maximum absolute atomic E-state index is 12.3. The van der Waals surface area contributed by atoms with E-state index in [0.29, 0.717) is 0 Å². The van der Waals surface area contributed by atoms with Crippen LogP contribution in [0.2, 0.25) is 0 Å². The minimum atomic E-state index is -1.29. The standard InChI is InChI=1S/C15H20N2O5S/c1-15(2,23)12(16)13(19)17-6-8(7-17)22-10-5-3-4-9(18)11(10)14(20)21/h3-5,8,12,18,23H,6-7,16H2,1-2H3,(H,20,21)/t12-/m1/s1/i/hD. The molecule has 0 aromatic heterocycles. The van der Waals surface area contributed by atoms with Crippen molar-refractivity contribution in [2.45, 2.75) is 30.7 Å². The molecule has 1 aromatic rings. The summed E-state index contributed by atoms with van der Waals surface area (Å²) in [7, 11) is 0. The van der Waals surface area contributed by atoms with Gasteiger partial charge in [-0.05, 0) is 26.0 Å². The fourth-order valence-electron chi connectivity index (χ4n) is 2.20. The second-order valence-corrected chi connectivity index (χ2v) is 7.07. The number of amides is 1. The zero-order valence-electron chi connectivity index (χ0n) is 13.9. The van der Waals surface area contributed by atoms with Gasteiger partial charge in [-0.2, -0.15) is 12.5 Å². The van der Waals surface area contributed by atoms with Gasteiger partial charge in [0.05, 0.1) is 19.1 Å². The molecule has 126 valence electrons. The largest absolute Gasteiger partial charge is 0.507 e. The number of phenols is 1. The number of carbonyl (C=O) groups excluding carboxylic acids is 1. The molecule has 7 nitrogen and oxygen atoms in total. The maximum Gasteiger partial charge on any atom is 0.343 e. The van der Waals surface area contributed by atoms with Crippen LogP contribution in [0.5, 0.6) is 11.5 Å². The number of nitrogens with two attached hydrogens (primary N) is 1. The van der Waals surface area contributed by atoms with Crippen LogP contribution in [-0.4, -0.2) is 58.1 Å². The Morgan fingerprint density at radius 3 is 2.74 bits per heavy atom. The highest BCUT2D eigenvalue weighted by molar-refractivity contribution is 7.81. The average molecular weight is 341 g/mol. The number of thiol groups is 1. The molecule has 4 N–H and O–H groups in total. The number of rotatable bonds is 6. The van der Waals surface area contributed by atoms with E-state index in [1.54, 1.807) is 13.8 Å². The van der Waals surface area contributed by atoms with Crippen LogP contribution in [0, 0.1) is 0 Å². The minimum absolute atomic E-state index is 0.0611. The summed E-state index contributed by atoms with van der Waals surface area (Å²) in [6.07, 6.45) is -0.368. The molecule has 0 unspecified atom stereocenters. The molecule has 0 radical (unpaired) electrons. The van der Waals surface area contributed by atoms with Gasteiger partial charge in [0, 0.05) is 4.75 Å². The predicted molar refractivity (Wildman–Crippen MR) is 87.1 cm³/mol. The molecule has 0 aliphatic carbocycles. The Kier molecular flexibility index (Phi) is 4.36. The Balaban J connectivity index is 1.98. The lowest BCUT2D eigenvalue weighted by molar-refractivity contribution is -0.142. The van der Waals surface area contributed by atoms with Gasteiger partial charge in [0.2, 0.25) is 5.91 Å². The van der Waals surface area contributed by atoms with Gasteiger partial charge in [-0.3, -0.25) is 4.79 Å². The fourth-order valence-corrected chi connectivity index (χ4v) is 2.30. The lowest BCUT2D eigenvalue weighted by Gasteiger charge is -2.42. The Labute approximate surface area is 140 Å². The molecule has 1 fully saturated rings. The van der Waals surface area contributed by atoms with E-state index >= 15 is 0 Å². The van der Waals surface area contributed by atoms with Crippen molar-refractivity contribution in [2.24, 2.45) is 5.73 Å². The van der Waals surface area contributed by atoms with E-state index in [0.717, 1.165) is 12.5 Å². The number of nitrogens with zero attached hydrogens (tertiary/aromatic N) is 1. The molecule has 0 spiro atoms. The molecule has 1 atom stereocenters. The van der Waals surface area contributed by atoms with Gasteiger partial charge in [0.25, 0.3) is 0 Å². The van der Waals surface area contributed by atoms with Crippen molar-refractivity contribution in [1.29, 1.82) is 1.12 Å². The number of likely N-dealkylation sites (tertiary alicyclic amines) is 1. The first-order valence-electron chi connectivity index (χ1n) is 7.48. The van der Waals surface area contributed by atoms with Crippen LogP contribution in [0.3, 0.4) is 0 Å². The summed E-state index contributed by atoms with van der Waals surface area (Å²) in [5.41, 5.74) is 5.61. The molecular weight excluding hydrogens is 320 g/mol. The van der Waals surface area contributed by atoms with Crippen molar-refractivity contribution < 1.29 is 24.5 Å². The molecule has 1 heterocycles. The second kappa shape index (κ2) is 6.29. The monoisotopic (exact) mass is 341 g/mol. The summed E-state index contributed by atoms with van der Waals surface area (Å²) in [6, 6.07) is 3.41. The highest BCUT2D eigenvalue weighted by atomic mass is 32.1. The molecule has 0 bridgehead atoms. The number of aromatic carboxylic acids is 1. The smallest absolute Gasteiger partial charge is 0.343 e. The van der Waals surface area contributed by atoms with Crippen molar-refractivity contribution in [3.63, 3.8) is 0 Å². The van der Waals surface area contributed by atoms with Gasteiger partial charge in [0.1, 0.15) is 24.3 Å². The van der Waals surface area contributed by atoms with Gasteiger partial charge in [-0.25, -0.2) is 4.79 Å². The summed E-state index contributed by atoms with van der Waals surface area (Å²) < 4.78 is 12.3. The highest BCUT2D eigenvalue weighted by Crippen LogP contribution is 2.30. The quantitative estimate of drug-likeness (QED) is 0.567. The Morgan fingerprint density at radius 2 is 2.17 bits per heavy atom. The number of hydrogen-bond acceptors (Lipinski definition) is 6. The van der Waals surface area contributed by atoms with Gasteiger partial charge < -0.3 is 25.6 Å².